The van der Waals surface area contributed by atoms with Crippen LogP contribution < -0.4 is 10.1 Å². The van der Waals surface area contributed by atoms with Crippen LogP contribution in [-0.4, -0.2) is 42.2 Å². The summed E-state index contributed by atoms with van der Waals surface area (Å²) in [6.07, 6.45) is 0.581. The van der Waals surface area contributed by atoms with Crippen molar-refractivity contribution in [2.45, 2.75) is 52.2 Å². The van der Waals surface area contributed by atoms with Gasteiger partial charge >= 0.3 is 12.1 Å². The van der Waals surface area contributed by atoms with Crippen molar-refractivity contribution in [1.29, 1.82) is 0 Å². The fourth-order valence-corrected chi connectivity index (χ4v) is 2.32. The number of hydrogen-bond donors (Lipinski definition) is 1. The highest BCUT2D eigenvalue weighted by Gasteiger charge is 2.25. The molecule has 1 aromatic rings. The Balaban J connectivity index is 2.72. The van der Waals surface area contributed by atoms with Gasteiger partial charge in [0.05, 0.1) is 13.2 Å². The summed E-state index contributed by atoms with van der Waals surface area (Å²) in [5, 5.41) is 3.48. The Labute approximate surface area is 163 Å². The van der Waals surface area contributed by atoms with Crippen LogP contribution in [0.2, 0.25) is 0 Å². The first-order valence-corrected chi connectivity index (χ1v) is 9.81. The third-order valence-electron chi connectivity index (χ3n) is 3.17. The number of carbonyl (C=O) groups is 2. The smallest absolute Gasteiger partial charge is 0.408 e. The summed E-state index contributed by atoms with van der Waals surface area (Å²) in [7, 11) is 0. The van der Waals surface area contributed by atoms with E-state index in [1.807, 2.05) is 24.3 Å². The first-order chi connectivity index (χ1) is 12.2. The highest BCUT2D eigenvalue weighted by Crippen LogP contribution is 2.15. The van der Waals surface area contributed by atoms with Crippen LogP contribution in [0, 0.1) is 0 Å². The van der Waals surface area contributed by atoms with Crippen LogP contribution in [0.25, 0.3) is 0 Å². The predicted octanol–water partition coefficient (Wildman–Crippen LogP) is 3.85. The van der Waals surface area contributed by atoms with Crippen molar-refractivity contribution in [3.8, 4) is 5.75 Å². The van der Waals surface area contributed by atoms with Crippen molar-refractivity contribution in [3.05, 3.63) is 29.8 Å². The Bertz CT molecular complexity index is 568. The van der Waals surface area contributed by atoms with E-state index in [0.29, 0.717) is 13.0 Å². The fourth-order valence-electron chi connectivity index (χ4n) is 2.09. The van der Waals surface area contributed by atoms with Crippen molar-refractivity contribution in [3.63, 3.8) is 0 Å². The number of hydrogen-bond acceptors (Lipinski definition) is 5. The zero-order valence-electron chi connectivity index (χ0n) is 15.8. The normalized spacial score (nSPS) is 12.2. The summed E-state index contributed by atoms with van der Waals surface area (Å²) >= 11 is 3.36. The van der Waals surface area contributed by atoms with Gasteiger partial charge in [-0.15, -0.1) is 0 Å². The molecule has 0 aliphatic heterocycles. The lowest BCUT2D eigenvalue weighted by Crippen LogP contribution is -2.45. The maximum atomic E-state index is 12.2. The highest BCUT2D eigenvalue weighted by atomic mass is 79.9. The van der Waals surface area contributed by atoms with E-state index in [1.54, 1.807) is 27.7 Å². The average molecular weight is 430 g/mol. The minimum atomic E-state index is -0.815. The molecule has 1 atom stereocenters. The van der Waals surface area contributed by atoms with Crippen LogP contribution in [0.15, 0.2) is 24.3 Å². The number of ether oxygens (including phenoxy) is 3. The van der Waals surface area contributed by atoms with Gasteiger partial charge in [0.2, 0.25) is 0 Å². The van der Waals surface area contributed by atoms with Gasteiger partial charge in [0.1, 0.15) is 17.4 Å². The average Bonchev–Trinajstić information content (AvgIpc) is 2.54. The monoisotopic (exact) mass is 429 g/mol. The second-order valence-corrected chi connectivity index (χ2v) is 7.48. The summed E-state index contributed by atoms with van der Waals surface area (Å²) in [5.74, 6) is 0.276. The van der Waals surface area contributed by atoms with Crippen LogP contribution in [0.4, 0.5) is 4.79 Å². The van der Waals surface area contributed by atoms with Crippen LogP contribution in [-0.2, 0) is 20.7 Å². The van der Waals surface area contributed by atoms with Gasteiger partial charge in [-0.3, -0.25) is 0 Å². The lowest BCUT2D eigenvalue weighted by atomic mass is 10.1. The molecule has 0 saturated carbocycles. The van der Waals surface area contributed by atoms with E-state index in [2.05, 4.69) is 21.2 Å². The third kappa shape index (κ3) is 9.08. The van der Waals surface area contributed by atoms with Gasteiger partial charge in [-0.05, 0) is 51.8 Å². The Hall–Kier alpha value is -1.76. The Kier molecular flexibility index (Phi) is 9.48. The Morgan fingerprint density at radius 3 is 2.38 bits per heavy atom. The largest absolute Gasteiger partial charge is 0.494 e. The van der Waals surface area contributed by atoms with Crippen molar-refractivity contribution in [2.75, 3.05) is 18.5 Å². The lowest BCUT2D eigenvalue weighted by Gasteiger charge is -2.23. The van der Waals surface area contributed by atoms with Crippen LogP contribution in [0.5, 0.6) is 5.75 Å². The van der Waals surface area contributed by atoms with Crippen molar-refractivity contribution < 1.29 is 23.8 Å². The van der Waals surface area contributed by atoms with Gasteiger partial charge < -0.3 is 19.5 Å². The van der Waals surface area contributed by atoms with E-state index in [4.69, 9.17) is 14.2 Å². The second-order valence-electron chi connectivity index (χ2n) is 6.69. The number of carbonyl (C=O) groups excluding carboxylic acids is 2. The second kappa shape index (κ2) is 11.1. The maximum absolute atomic E-state index is 12.2. The molecule has 0 saturated heterocycles. The highest BCUT2D eigenvalue weighted by molar-refractivity contribution is 9.09. The summed E-state index contributed by atoms with van der Waals surface area (Å²) in [6, 6.07) is 6.61. The number of amides is 1. The third-order valence-corrected chi connectivity index (χ3v) is 3.73. The summed E-state index contributed by atoms with van der Waals surface area (Å²) in [6.45, 7) is 7.89. The molecule has 146 valence electrons. The van der Waals surface area contributed by atoms with Gasteiger partial charge in [-0.1, -0.05) is 28.1 Å². The first-order valence-electron chi connectivity index (χ1n) is 8.69. The topological polar surface area (TPSA) is 73.9 Å². The molecule has 26 heavy (non-hydrogen) atoms. The lowest BCUT2D eigenvalue weighted by molar-refractivity contribution is -0.145. The van der Waals surface area contributed by atoms with Crippen LogP contribution >= 0.6 is 15.9 Å². The number of nitrogens with one attached hydrogen (secondary N) is 1. The quantitative estimate of drug-likeness (QED) is 0.366. The molecule has 1 N–H and O–H groups in total. The molecule has 0 aliphatic carbocycles. The molecule has 1 amide bonds. The fraction of sp³-hybridized carbons (Fsp3) is 0.579. The molecule has 0 unspecified atom stereocenters. The summed E-state index contributed by atoms with van der Waals surface area (Å²) in [4.78, 5) is 24.2. The molecule has 1 aromatic carbocycles. The number of halogens is 1. The SMILES string of the molecule is CCOC(=O)[C@H](Cc1ccc(OCCCBr)cc1)NC(=O)OC(C)(C)C. The van der Waals surface area contributed by atoms with Crippen molar-refractivity contribution in [1.82, 2.24) is 5.32 Å². The molecular weight excluding hydrogens is 402 g/mol. The first kappa shape index (κ1) is 22.3. The molecule has 7 heteroatoms. The van der Waals surface area contributed by atoms with E-state index in [0.717, 1.165) is 23.1 Å². The number of benzene rings is 1. The van der Waals surface area contributed by atoms with E-state index in [-0.39, 0.29) is 6.61 Å². The number of rotatable bonds is 9. The summed E-state index contributed by atoms with van der Waals surface area (Å²) in [5.41, 5.74) is 0.240. The molecule has 0 aliphatic rings. The number of alkyl carbamates (subject to hydrolysis) is 1. The molecule has 1 rings (SSSR count). The van der Waals surface area contributed by atoms with Crippen molar-refractivity contribution >= 4 is 28.0 Å². The van der Waals surface area contributed by atoms with E-state index in [1.165, 1.54) is 0 Å². The zero-order valence-corrected chi connectivity index (χ0v) is 17.4. The number of alkyl halides is 1. The standard InChI is InChI=1S/C19H28BrNO5/c1-5-24-17(22)16(21-18(23)26-19(2,3)4)13-14-7-9-15(10-8-14)25-12-6-11-20/h7-10,16H,5-6,11-13H2,1-4H3,(H,21,23)/t16-/m0/s1. The van der Waals surface area contributed by atoms with E-state index < -0.39 is 23.7 Å². The minimum absolute atomic E-state index is 0.242. The van der Waals surface area contributed by atoms with Gasteiger partial charge in [-0.2, -0.15) is 0 Å². The van der Waals surface area contributed by atoms with Crippen LogP contribution in [0.1, 0.15) is 39.7 Å². The molecule has 0 fully saturated rings. The molecule has 0 aromatic heterocycles. The predicted molar refractivity (Wildman–Crippen MR) is 104 cm³/mol. The van der Waals surface area contributed by atoms with E-state index >= 15 is 0 Å². The summed E-state index contributed by atoms with van der Waals surface area (Å²) < 4.78 is 15.9. The molecular formula is C19H28BrNO5. The minimum Gasteiger partial charge on any atom is -0.494 e. The Morgan fingerprint density at radius 1 is 1.19 bits per heavy atom. The van der Waals surface area contributed by atoms with Crippen molar-refractivity contribution in [2.24, 2.45) is 0 Å². The Morgan fingerprint density at radius 2 is 1.85 bits per heavy atom. The molecule has 6 nitrogen and oxygen atoms in total. The van der Waals surface area contributed by atoms with Gasteiger partial charge in [0.15, 0.2) is 0 Å². The van der Waals surface area contributed by atoms with Gasteiger partial charge in [0.25, 0.3) is 0 Å². The molecule has 0 spiro atoms. The molecule has 0 heterocycles. The van der Waals surface area contributed by atoms with Gasteiger partial charge in [-0.25, -0.2) is 9.59 Å². The van der Waals surface area contributed by atoms with Gasteiger partial charge in [0, 0.05) is 11.8 Å². The maximum Gasteiger partial charge on any atom is 0.408 e. The van der Waals surface area contributed by atoms with Crippen LogP contribution in [0.3, 0.4) is 0 Å². The van der Waals surface area contributed by atoms with E-state index in [9.17, 15) is 9.59 Å². The zero-order chi connectivity index (χ0) is 19.6. The number of esters is 1. The molecule has 0 radical (unpaired) electrons. The molecule has 0 bridgehead atoms.